The minimum atomic E-state index is -4.37. The number of fused-ring (bicyclic) bond motifs is 1. The van der Waals surface area contributed by atoms with Crippen LogP contribution in [0.3, 0.4) is 0 Å². The number of carbonyl (C=O) groups is 1. The van der Waals surface area contributed by atoms with E-state index in [1.165, 1.54) is 29.8 Å². The van der Waals surface area contributed by atoms with Gasteiger partial charge in [0.15, 0.2) is 0 Å². The molecule has 0 heterocycles. The number of benzene rings is 3. The number of halogens is 3. The van der Waals surface area contributed by atoms with E-state index in [-0.39, 0.29) is 38.0 Å². The van der Waals surface area contributed by atoms with Crippen LogP contribution in [-0.2, 0) is 23.6 Å². The van der Waals surface area contributed by atoms with E-state index in [1.54, 1.807) is 12.1 Å². The maximum absolute atomic E-state index is 13.0. The molecule has 198 valence electrons. The van der Waals surface area contributed by atoms with Crippen molar-refractivity contribution in [3.8, 4) is 16.5 Å². The second-order valence-electron chi connectivity index (χ2n) is 10.8. The monoisotopic (exact) mass is 586 g/mol. The number of alkyl halides is 3. The number of hydrogen-bond donors (Lipinski definition) is 1. The number of carboxylic acids is 1. The van der Waals surface area contributed by atoms with Gasteiger partial charge in [0.25, 0.3) is 0 Å². The van der Waals surface area contributed by atoms with E-state index in [4.69, 9.17) is 9.84 Å². The minimum absolute atomic E-state index is 0.0521. The number of carboxylic acid groups (broad SMARTS) is 1. The van der Waals surface area contributed by atoms with Crippen molar-refractivity contribution < 1.29 is 27.8 Å². The van der Waals surface area contributed by atoms with Crippen LogP contribution in [0.2, 0.25) is 0 Å². The molecular weight excluding hydrogens is 556 g/mol. The first-order valence-electron chi connectivity index (χ1n) is 12.3. The fraction of sp³-hybridized carbons (Fsp3) is 0.323. The average molecular weight is 586 g/mol. The topological polar surface area (TPSA) is 46.5 Å². The third kappa shape index (κ3) is 6.26. The van der Waals surface area contributed by atoms with Crippen molar-refractivity contribution in [1.29, 1.82) is 0 Å². The van der Waals surface area contributed by atoms with E-state index in [0.717, 1.165) is 46.3 Å². The predicted molar refractivity (Wildman–Crippen MR) is 143 cm³/mol. The summed E-state index contributed by atoms with van der Waals surface area (Å²) in [5, 5.41) is 9.07. The third-order valence-electron chi connectivity index (χ3n) is 7.03. The number of hydrogen-bond acceptors (Lipinski definition) is 2. The van der Waals surface area contributed by atoms with Gasteiger partial charge in [-0.25, -0.2) is 0 Å². The molecule has 7 heteroatoms. The van der Waals surface area contributed by atoms with E-state index < -0.39 is 17.7 Å². The van der Waals surface area contributed by atoms with E-state index in [9.17, 15) is 18.0 Å². The SMILES string of the molecule is CC1(C)CCC(C)(C)c2c(OCc3ccc(C(F)(F)F)cc3)cc([Se]C#Cc3ccc(C(=O)O)cc3)cc21. The van der Waals surface area contributed by atoms with Gasteiger partial charge in [0.2, 0.25) is 0 Å². The molecule has 0 saturated heterocycles. The second-order valence-corrected chi connectivity index (χ2v) is 12.7. The first-order chi connectivity index (χ1) is 17.8. The maximum atomic E-state index is 13.0. The van der Waals surface area contributed by atoms with Gasteiger partial charge in [-0.15, -0.1) is 0 Å². The van der Waals surface area contributed by atoms with Crippen LogP contribution >= 0.6 is 0 Å². The quantitative estimate of drug-likeness (QED) is 0.269. The summed E-state index contributed by atoms with van der Waals surface area (Å²) in [7, 11) is 0. The molecule has 0 radical (unpaired) electrons. The molecule has 0 aliphatic heterocycles. The van der Waals surface area contributed by atoms with Gasteiger partial charge in [0, 0.05) is 0 Å². The van der Waals surface area contributed by atoms with Crippen molar-refractivity contribution in [1.82, 2.24) is 0 Å². The Morgan fingerprint density at radius 3 is 2.21 bits per heavy atom. The molecule has 0 bridgehead atoms. The summed E-state index contributed by atoms with van der Waals surface area (Å²) < 4.78 is 46.2. The third-order valence-corrected chi connectivity index (χ3v) is 8.45. The molecule has 3 nitrogen and oxygen atoms in total. The van der Waals surface area contributed by atoms with Gasteiger partial charge in [-0.05, 0) is 0 Å². The van der Waals surface area contributed by atoms with Gasteiger partial charge in [-0.3, -0.25) is 0 Å². The molecule has 3 aromatic rings. The van der Waals surface area contributed by atoms with E-state index in [0.29, 0.717) is 5.56 Å². The molecule has 1 aliphatic rings. The summed E-state index contributed by atoms with van der Waals surface area (Å²) in [4.78, 5) is 14.3. The fourth-order valence-electron chi connectivity index (χ4n) is 4.67. The molecule has 0 spiro atoms. The first-order valence-corrected chi connectivity index (χ1v) is 14.0. The molecule has 1 aliphatic carbocycles. The molecule has 0 atom stereocenters. The Labute approximate surface area is 227 Å². The van der Waals surface area contributed by atoms with Crippen LogP contribution in [0.4, 0.5) is 13.2 Å². The molecular formula is C31H29F3O3Se. The van der Waals surface area contributed by atoms with Gasteiger partial charge < -0.3 is 0 Å². The molecule has 0 aromatic heterocycles. The van der Waals surface area contributed by atoms with E-state index >= 15 is 0 Å². The van der Waals surface area contributed by atoms with Crippen LogP contribution in [0, 0.1) is 10.7 Å². The molecule has 0 saturated carbocycles. The summed E-state index contributed by atoms with van der Waals surface area (Å²) in [5.41, 5.74) is 3.17. The zero-order valence-corrected chi connectivity index (χ0v) is 23.4. The van der Waals surface area contributed by atoms with Crippen LogP contribution < -0.4 is 9.20 Å². The molecule has 0 unspecified atom stereocenters. The zero-order chi connectivity index (χ0) is 27.7. The van der Waals surface area contributed by atoms with Crippen LogP contribution in [0.1, 0.15) is 78.7 Å². The van der Waals surface area contributed by atoms with Crippen molar-refractivity contribution >= 4 is 25.4 Å². The van der Waals surface area contributed by atoms with Crippen LogP contribution in [-0.4, -0.2) is 26.0 Å². The van der Waals surface area contributed by atoms with Crippen molar-refractivity contribution in [2.75, 3.05) is 0 Å². The fourth-order valence-corrected chi connectivity index (χ4v) is 5.99. The van der Waals surface area contributed by atoms with E-state index in [2.05, 4.69) is 44.5 Å². The van der Waals surface area contributed by atoms with Crippen LogP contribution in [0.15, 0.2) is 60.7 Å². The molecule has 3 aromatic carbocycles. The van der Waals surface area contributed by atoms with E-state index in [1.807, 2.05) is 6.07 Å². The Balaban J connectivity index is 1.64. The van der Waals surface area contributed by atoms with Gasteiger partial charge in [0.1, 0.15) is 0 Å². The second kappa shape index (κ2) is 10.5. The molecule has 0 fully saturated rings. The number of ether oxygens (including phenoxy) is 1. The molecule has 0 amide bonds. The summed E-state index contributed by atoms with van der Waals surface area (Å²) in [6.07, 6.45) is -2.34. The van der Waals surface area contributed by atoms with Gasteiger partial charge >= 0.3 is 228 Å². The standard InChI is InChI=1S/C31H29F3O3Se/c1-29(2)14-15-30(3,4)27-25(29)17-24(38-16-13-20-5-9-22(10-6-20)28(35)36)18-26(27)37-19-21-7-11-23(12-8-21)31(32,33)34/h5-12,17-18H,14-15,19H2,1-4H3,(H,35,36). The van der Waals surface area contributed by atoms with Crippen molar-refractivity contribution in [2.24, 2.45) is 0 Å². The molecule has 4 rings (SSSR count). The number of aromatic carboxylic acids is 1. The Morgan fingerprint density at radius 2 is 1.61 bits per heavy atom. The van der Waals surface area contributed by atoms with Gasteiger partial charge in [0.05, 0.1) is 0 Å². The number of rotatable bonds is 5. The summed E-state index contributed by atoms with van der Waals surface area (Å²) >= 11 is -0.190. The van der Waals surface area contributed by atoms with Crippen LogP contribution in [0.5, 0.6) is 5.75 Å². The van der Waals surface area contributed by atoms with Crippen molar-refractivity contribution in [3.05, 3.63) is 94.0 Å². The summed E-state index contributed by atoms with van der Waals surface area (Å²) in [6, 6.07) is 15.8. The normalized spacial score (nSPS) is 15.7. The predicted octanol–water partition coefficient (Wildman–Crippen LogP) is 6.67. The Kier molecular flexibility index (Phi) is 7.70. The molecule has 38 heavy (non-hydrogen) atoms. The van der Waals surface area contributed by atoms with Crippen molar-refractivity contribution in [3.63, 3.8) is 0 Å². The Hall–Kier alpha value is -3.20. The van der Waals surface area contributed by atoms with Gasteiger partial charge in [-0.2, -0.15) is 0 Å². The average Bonchev–Trinajstić information content (AvgIpc) is 2.85. The Morgan fingerprint density at radius 1 is 0.974 bits per heavy atom. The zero-order valence-electron chi connectivity index (χ0n) is 21.7. The summed E-state index contributed by atoms with van der Waals surface area (Å²) in [6.45, 7) is 9.04. The van der Waals surface area contributed by atoms with Crippen molar-refractivity contribution in [2.45, 2.75) is 64.1 Å². The first kappa shape index (κ1) is 27.8. The summed E-state index contributed by atoms with van der Waals surface area (Å²) in [5.74, 6) is 2.90. The van der Waals surface area contributed by atoms with Gasteiger partial charge in [-0.1, -0.05) is 0 Å². The molecule has 1 N–H and O–H groups in total. The Bertz CT molecular complexity index is 1390. The van der Waals surface area contributed by atoms with Crippen LogP contribution in [0.25, 0.3) is 0 Å².